The van der Waals surface area contributed by atoms with Crippen LogP contribution < -0.4 is 0 Å². The number of amides is 2. The fourth-order valence-corrected chi connectivity index (χ4v) is 2.56. The molecule has 2 aromatic rings. The second kappa shape index (κ2) is 9.77. The van der Waals surface area contributed by atoms with Crippen molar-refractivity contribution in [3.63, 3.8) is 0 Å². The smallest absolute Gasteiger partial charge is 0.242 e. The molecule has 0 aliphatic heterocycles. The van der Waals surface area contributed by atoms with Crippen LogP contribution >= 0.6 is 11.6 Å². The molecule has 0 spiro atoms. The molecule has 2 rings (SSSR count). The van der Waals surface area contributed by atoms with Crippen molar-refractivity contribution in [3.05, 3.63) is 72.5 Å². The molecular formula is C19H20ClFN2O3. The van der Waals surface area contributed by atoms with Gasteiger partial charge in [0.15, 0.2) is 0 Å². The topological polar surface area (TPSA) is 53.8 Å². The molecule has 0 aliphatic carbocycles. The lowest BCUT2D eigenvalue weighted by molar-refractivity contribution is -0.139. The first-order valence-corrected chi connectivity index (χ1v) is 8.56. The summed E-state index contributed by atoms with van der Waals surface area (Å²) in [5, 5.41) is 0. The third kappa shape index (κ3) is 5.74. The van der Waals surface area contributed by atoms with Crippen LogP contribution in [0.2, 0.25) is 0 Å². The molecule has 0 saturated carbocycles. The zero-order valence-electron chi connectivity index (χ0n) is 14.2. The first-order chi connectivity index (χ1) is 12.5. The summed E-state index contributed by atoms with van der Waals surface area (Å²) in [6.07, 6.45) is 3.06. The van der Waals surface area contributed by atoms with E-state index in [1.807, 2.05) is 0 Å². The molecule has 26 heavy (non-hydrogen) atoms. The van der Waals surface area contributed by atoms with E-state index in [0.717, 1.165) is 5.56 Å². The molecule has 0 N–H and O–H groups in total. The van der Waals surface area contributed by atoms with Gasteiger partial charge in [-0.25, -0.2) is 4.39 Å². The van der Waals surface area contributed by atoms with E-state index >= 15 is 0 Å². The molecule has 1 aromatic carbocycles. The molecule has 138 valence electrons. The molecule has 1 heterocycles. The highest BCUT2D eigenvalue weighted by molar-refractivity contribution is 6.27. The Morgan fingerprint density at radius 3 is 2.42 bits per heavy atom. The highest BCUT2D eigenvalue weighted by Gasteiger charge is 2.21. The van der Waals surface area contributed by atoms with E-state index in [1.54, 1.807) is 29.2 Å². The number of furan rings is 1. The summed E-state index contributed by atoms with van der Waals surface area (Å²) < 4.78 is 18.4. The van der Waals surface area contributed by atoms with Gasteiger partial charge in [-0.3, -0.25) is 9.59 Å². The minimum Gasteiger partial charge on any atom is -0.467 e. The molecule has 1 aromatic heterocycles. The molecule has 0 aliphatic rings. The number of nitrogens with zero attached hydrogens (tertiary/aromatic N) is 2. The van der Waals surface area contributed by atoms with Crippen LogP contribution in [0, 0.1) is 5.82 Å². The molecular weight excluding hydrogens is 359 g/mol. The third-order valence-electron chi connectivity index (χ3n) is 3.71. The number of rotatable bonds is 9. The van der Waals surface area contributed by atoms with Crippen molar-refractivity contribution in [2.24, 2.45) is 0 Å². The van der Waals surface area contributed by atoms with E-state index < -0.39 is 0 Å². The maximum atomic E-state index is 13.1. The van der Waals surface area contributed by atoms with Crippen molar-refractivity contribution in [2.45, 2.75) is 13.1 Å². The lowest BCUT2D eigenvalue weighted by atomic mass is 10.2. The van der Waals surface area contributed by atoms with Gasteiger partial charge in [0.05, 0.1) is 12.8 Å². The summed E-state index contributed by atoms with van der Waals surface area (Å²) in [6.45, 7) is 4.19. The molecule has 0 radical (unpaired) electrons. The molecule has 0 saturated heterocycles. The zero-order valence-corrected chi connectivity index (χ0v) is 15.0. The van der Waals surface area contributed by atoms with Gasteiger partial charge in [-0.05, 0) is 29.8 Å². The number of halogens is 2. The van der Waals surface area contributed by atoms with Crippen LogP contribution in [0.3, 0.4) is 0 Å². The Morgan fingerprint density at radius 1 is 1.12 bits per heavy atom. The SMILES string of the molecule is C=CCN(CC(=O)N(Cc1ccc(F)cc1)Cc1ccco1)C(=O)CCl. The predicted molar refractivity (Wildman–Crippen MR) is 96.9 cm³/mol. The van der Waals surface area contributed by atoms with Crippen molar-refractivity contribution < 1.29 is 18.4 Å². The molecule has 0 fully saturated rings. The van der Waals surface area contributed by atoms with E-state index in [-0.39, 0.29) is 49.7 Å². The number of hydrogen-bond donors (Lipinski definition) is 0. The molecule has 0 atom stereocenters. The van der Waals surface area contributed by atoms with E-state index in [1.165, 1.54) is 29.4 Å². The van der Waals surface area contributed by atoms with E-state index in [0.29, 0.717) is 5.76 Å². The maximum Gasteiger partial charge on any atom is 0.242 e. The standard InChI is InChI=1S/C19H20ClFN2O3/c1-2-9-22(18(24)11-20)14-19(25)23(13-17-4-3-10-26-17)12-15-5-7-16(21)8-6-15/h2-8,10H,1,9,11-14H2. The molecule has 7 heteroatoms. The summed E-state index contributed by atoms with van der Waals surface area (Å²) >= 11 is 5.60. The van der Waals surface area contributed by atoms with Crippen LogP contribution in [-0.4, -0.2) is 40.6 Å². The average molecular weight is 379 g/mol. The Balaban J connectivity index is 2.15. The van der Waals surface area contributed by atoms with Crippen LogP contribution in [-0.2, 0) is 22.7 Å². The second-order valence-electron chi connectivity index (χ2n) is 5.65. The monoisotopic (exact) mass is 378 g/mol. The lowest BCUT2D eigenvalue weighted by Crippen LogP contribution is -2.43. The second-order valence-corrected chi connectivity index (χ2v) is 5.92. The molecule has 0 unspecified atom stereocenters. The number of carbonyl (C=O) groups excluding carboxylic acids is 2. The molecule has 2 amide bonds. The van der Waals surface area contributed by atoms with Gasteiger partial charge in [0.2, 0.25) is 11.8 Å². The number of benzene rings is 1. The fraction of sp³-hybridized carbons (Fsp3) is 0.263. The van der Waals surface area contributed by atoms with Crippen LogP contribution in [0.5, 0.6) is 0 Å². The van der Waals surface area contributed by atoms with Gasteiger partial charge in [-0.15, -0.1) is 18.2 Å². The number of hydrogen-bond acceptors (Lipinski definition) is 3. The summed E-state index contributed by atoms with van der Waals surface area (Å²) in [4.78, 5) is 27.6. The van der Waals surface area contributed by atoms with E-state index in [2.05, 4.69) is 6.58 Å². The maximum absolute atomic E-state index is 13.1. The molecule has 5 nitrogen and oxygen atoms in total. The highest BCUT2D eigenvalue weighted by Crippen LogP contribution is 2.12. The Hall–Kier alpha value is -2.60. The summed E-state index contributed by atoms with van der Waals surface area (Å²) in [5.41, 5.74) is 0.769. The van der Waals surface area contributed by atoms with Crippen molar-refractivity contribution in [1.82, 2.24) is 9.80 Å². The average Bonchev–Trinajstić information content (AvgIpc) is 3.15. The molecule has 0 bridgehead atoms. The minimum atomic E-state index is -0.348. The van der Waals surface area contributed by atoms with Crippen molar-refractivity contribution >= 4 is 23.4 Å². The van der Waals surface area contributed by atoms with Gasteiger partial charge in [0.1, 0.15) is 24.0 Å². The largest absolute Gasteiger partial charge is 0.467 e. The first kappa shape index (κ1) is 19.7. The van der Waals surface area contributed by atoms with Crippen LogP contribution in [0.25, 0.3) is 0 Å². The minimum absolute atomic E-state index is 0.126. The summed E-state index contributed by atoms with van der Waals surface area (Å²) in [5.74, 6) is -0.565. The van der Waals surface area contributed by atoms with Gasteiger partial charge >= 0.3 is 0 Å². The van der Waals surface area contributed by atoms with Crippen LogP contribution in [0.4, 0.5) is 4.39 Å². The number of carbonyl (C=O) groups is 2. The van der Waals surface area contributed by atoms with Gasteiger partial charge in [0.25, 0.3) is 0 Å². The van der Waals surface area contributed by atoms with Gasteiger partial charge in [0, 0.05) is 13.1 Å². The summed E-state index contributed by atoms with van der Waals surface area (Å²) in [7, 11) is 0. The van der Waals surface area contributed by atoms with Crippen LogP contribution in [0.15, 0.2) is 59.7 Å². The first-order valence-electron chi connectivity index (χ1n) is 8.02. The van der Waals surface area contributed by atoms with Gasteiger partial charge < -0.3 is 14.2 Å². The van der Waals surface area contributed by atoms with Gasteiger partial charge in [-0.1, -0.05) is 18.2 Å². The Bertz CT molecular complexity index is 732. The normalized spacial score (nSPS) is 10.4. The van der Waals surface area contributed by atoms with Crippen molar-refractivity contribution in [1.29, 1.82) is 0 Å². The quantitative estimate of drug-likeness (QED) is 0.497. The highest BCUT2D eigenvalue weighted by atomic mass is 35.5. The van der Waals surface area contributed by atoms with E-state index in [4.69, 9.17) is 16.0 Å². The summed E-state index contributed by atoms with van der Waals surface area (Å²) in [6, 6.07) is 9.40. The van der Waals surface area contributed by atoms with Crippen molar-refractivity contribution in [2.75, 3.05) is 19.0 Å². The Labute approximate surface area is 156 Å². The van der Waals surface area contributed by atoms with Gasteiger partial charge in [-0.2, -0.15) is 0 Å². The third-order valence-corrected chi connectivity index (χ3v) is 3.94. The van der Waals surface area contributed by atoms with Crippen LogP contribution in [0.1, 0.15) is 11.3 Å². The lowest BCUT2D eigenvalue weighted by Gasteiger charge is -2.26. The Kier molecular flexibility index (Phi) is 7.41. The van der Waals surface area contributed by atoms with Crippen molar-refractivity contribution in [3.8, 4) is 0 Å². The zero-order chi connectivity index (χ0) is 18.9. The number of alkyl halides is 1. The van der Waals surface area contributed by atoms with E-state index in [9.17, 15) is 14.0 Å². The fourth-order valence-electron chi connectivity index (χ4n) is 2.39. The predicted octanol–water partition coefficient (Wildman–Crippen LogP) is 3.20. The Morgan fingerprint density at radius 2 is 1.85 bits per heavy atom.